The fourth-order valence-corrected chi connectivity index (χ4v) is 12.8. The quantitative estimate of drug-likeness (QED) is 0.0558. The Bertz CT molecular complexity index is 2400. The number of anilines is 1. The minimum absolute atomic E-state index is 0.0190. The van der Waals surface area contributed by atoms with Crippen molar-refractivity contribution in [2.45, 2.75) is 88.2 Å². The topological polar surface area (TPSA) is 110 Å². The van der Waals surface area contributed by atoms with Gasteiger partial charge in [0.25, 0.3) is 0 Å². The van der Waals surface area contributed by atoms with E-state index in [2.05, 4.69) is 62.7 Å². The SMILES string of the molecule is COCCN(CCOC)C(=O)C(/C=C/C[C@H](C)[C@@H](C)S(=O)(=O)N(Cc1ccc(OC)cc1)Cc1ccc(OC)cc1)N1CCC[C@H]1CN1C[C@@]2(CCCc3cc(Cl)ccc32)COc2ccc(I)cc21. The third kappa shape index (κ3) is 13.0. The average molecular weight is 1100 g/mol. The molecule has 15 heteroatoms. The van der Waals surface area contributed by atoms with Gasteiger partial charge in [0.2, 0.25) is 15.9 Å². The summed E-state index contributed by atoms with van der Waals surface area (Å²) in [5, 5.41) is 0.0287. The van der Waals surface area contributed by atoms with Crippen LogP contribution in [0.2, 0.25) is 5.02 Å². The van der Waals surface area contributed by atoms with Gasteiger partial charge in [0.05, 0.1) is 45.0 Å². The number of fused-ring (bicyclic) bond motifs is 3. The number of allylic oxidation sites excluding steroid dienone is 1. The monoisotopic (exact) mass is 1100 g/mol. The molecule has 1 amide bonds. The molecule has 1 aliphatic carbocycles. The predicted molar refractivity (Wildman–Crippen MR) is 283 cm³/mol. The van der Waals surface area contributed by atoms with Crippen LogP contribution in [-0.2, 0) is 49.2 Å². The Balaban J connectivity index is 1.16. The summed E-state index contributed by atoms with van der Waals surface area (Å²) in [6.45, 7) is 8.62. The number of sulfonamides is 1. The van der Waals surface area contributed by atoms with Gasteiger partial charge in [-0.3, -0.25) is 9.69 Å². The van der Waals surface area contributed by atoms with Crippen molar-refractivity contribution in [2.75, 3.05) is 85.9 Å². The van der Waals surface area contributed by atoms with Gasteiger partial charge in [0.15, 0.2) is 0 Å². The molecule has 3 aliphatic rings. The largest absolute Gasteiger partial charge is 0.497 e. The number of hydrogen-bond donors (Lipinski definition) is 0. The van der Waals surface area contributed by atoms with E-state index in [0.717, 1.165) is 76.4 Å². The highest BCUT2D eigenvalue weighted by Crippen LogP contribution is 2.45. The van der Waals surface area contributed by atoms with Crippen LogP contribution in [0, 0.1) is 9.49 Å². The lowest BCUT2D eigenvalue weighted by Crippen LogP contribution is -2.54. The Labute approximate surface area is 429 Å². The zero-order chi connectivity index (χ0) is 49.1. The van der Waals surface area contributed by atoms with E-state index < -0.39 is 21.3 Å². The fraction of sp³-hybridized carbons (Fsp3) is 0.500. The van der Waals surface area contributed by atoms with E-state index >= 15 is 4.79 Å². The molecule has 1 saturated heterocycles. The number of carbonyl (C=O) groups is 1. The molecule has 4 aromatic carbocycles. The molecule has 2 aliphatic heterocycles. The lowest BCUT2D eigenvalue weighted by molar-refractivity contribution is -0.136. The highest BCUT2D eigenvalue weighted by atomic mass is 127. The summed E-state index contributed by atoms with van der Waals surface area (Å²) in [6.07, 6.45) is 9.43. The molecular formula is C54H70ClIN4O8S. The Hall–Kier alpha value is -3.90. The summed E-state index contributed by atoms with van der Waals surface area (Å²) in [4.78, 5) is 21.8. The van der Waals surface area contributed by atoms with Crippen LogP contribution in [0.3, 0.4) is 0 Å². The fourth-order valence-electron chi connectivity index (χ4n) is 10.3. The normalized spacial score (nSPS) is 19.7. The van der Waals surface area contributed by atoms with E-state index in [1.54, 1.807) is 39.7 Å². The van der Waals surface area contributed by atoms with Crippen LogP contribution >= 0.6 is 34.2 Å². The number of ether oxygens (including phenoxy) is 5. The summed E-state index contributed by atoms with van der Waals surface area (Å²) < 4.78 is 60.7. The van der Waals surface area contributed by atoms with Crippen molar-refractivity contribution in [3.63, 3.8) is 0 Å². The van der Waals surface area contributed by atoms with Crippen LogP contribution in [0.15, 0.2) is 97.1 Å². The summed E-state index contributed by atoms with van der Waals surface area (Å²) in [5.74, 6) is 1.99. The number of nitrogens with zero attached hydrogens (tertiary/aromatic N) is 4. The van der Waals surface area contributed by atoms with Crippen LogP contribution in [0.5, 0.6) is 17.2 Å². The van der Waals surface area contributed by atoms with Crippen molar-refractivity contribution >= 4 is 55.8 Å². The van der Waals surface area contributed by atoms with Gasteiger partial charge in [0, 0.05) is 73.5 Å². The van der Waals surface area contributed by atoms with Gasteiger partial charge in [-0.05, 0) is 157 Å². The second kappa shape index (κ2) is 24.5. The Morgan fingerprint density at radius 1 is 0.899 bits per heavy atom. The number of halogens is 2. The Morgan fingerprint density at radius 2 is 1.55 bits per heavy atom. The third-order valence-corrected chi connectivity index (χ3v) is 17.7. The van der Waals surface area contributed by atoms with Gasteiger partial charge in [-0.1, -0.05) is 61.0 Å². The van der Waals surface area contributed by atoms with E-state index in [1.165, 1.54) is 11.1 Å². The van der Waals surface area contributed by atoms with Gasteiger partial charge in [-0.15, -0.1) is 0 Å². The average Bonchev–Trinajstić information content (AvgIpc) is 3.75. The number of aryl methyl sites for hydroxylation is 1. The maximum atomic E-state index is 15.0. The number of hydrogen-bond acceptors (Lipinski definition) is 10. The van der Waals surface area contributed by atoms with E-state index in [9.17, 15) is 8.42 Å². The van der Waals surface area contributed by atoms with Crippen LogP contribution in [0.1, 0.15) is 68.2 Å². The first-order chi connectivity index (χ1) is 33.3. The number of likely N-dealkylation sites (tertiary alicyclic amines) is 1. The van der Waals surface area contributed by atoms with E-state index in [1.807, 2.05) is 78.6 Å². The van der Waals surface area contributed by atoms with Crippen LogP contribution < -0.4 is 19.1 Å². The highest BCUT2D eigenvalue weighted by Gasteiger charge is 2.44. The first-order valence-corrected chi connectivity index (χ1v) is 27.1. The van der Waals surface area contributed by atoms with Gasteiger partial charge < -0.3 is 33.5 Å². The van der Waals surface area contributed by atoms with Gasteiger partial charge >= 0.3 is 0 Å². The molecule has 1 spiro atoms. The van der Waals surface area contributed by atoms with Crippen molar-refractivity contribution in [1.29, 1.82) is 0 Å². The highest BCUT2D eigenvalue weighted by molar-refractivity contribution is 14.1. The molecule has 0 N–H and O–H groups in total. The van der Waals surface area contributed by atoms with Crippen LogP contribution in [0.25, 0.3) is 0 Å². The molecular weight excluding hydrogens is 1030 g/mol. The van der Waals surface area contributed by atoms with Crippen LogP contribution in [0.4, 0.5) is 5.69 Å². The van der Waals surface area contributed by atoms with Crippen molar-refractivity contribution in [3.05, 3.63) is 128 Å². The molecule has 12 nitrogen and oxygen atoms in total. The third-order valence-electron chi connectivity index (χ3n) is 14.4. The summed E-state index contributed by atoms with van der Waals surface area (Å²) in [6, 6.07) is 27.3. The predicted octanol–water partition coefficient (Wildman–Crippen LogP) is 9.39. The lowest BCUT2D eigenvalue weighted by Gasteiger charge is -2.42. The van der Waals surface area contributed by atoms with Crippen LogP contribution in [-0.4, -0.2) is 127 Å². The molecule has 0 bridgehead atoms. The lowest BCUT2D eigenvalue weighted by atomic mass is 9.70. The summed E-state index contributed by atoms with van der Waals surface area (Å²) in [7, 11) is 2.69. The standard InChI is InChI=1S/C54H70ClIN4O8S/c1-39(40(2)69(62,63)59(34-41-14-20-47(66-5)21-15-41)35-42-16-22-48(67-6)23-17-42)10-7-13-50(53(61)57(28-30-64-3)29-31-65-4)60-27-9-12-46(60)36-58-37-54(38-68-52-25-19-45(56)33-51(52)58)26-8-11-43-32-44(55)18-24-49(43)54/h7,13-25,32-33,39-40,46,50H,8-12,26-31,34-38H2,1-6H3/b13-7+/t39-,40+,46-,50?,54-/m0/s1. The molecule has 5 atom stereocenters. The number of carbonyl (C=O) groups excluding carboxylic acids is 1. The molecule has 7 rings (SSSR count). The van der Waals surface area contributed by atoms with E-state index in [-0.39, 0.29) is 36.4 Å². The molecule has 69 heavy (non-hydrogen) atoms. The zero-order valence-corrected chi connectivity index (χ0v) is 44.8. The molecule has 4 aromatic rings. The maximum absolute atomic E-state index is 15.0. The molecule has 374 valence electrons. The van der Waals surface area contributed by atoms with Gasteiger partial charge in [-0.2, -0.15) is 4.31 Å². The second-order valence-electron chi connectivity index (χ2n) is 18.9. The van der Waals surface area contributed by atoms with Crippen molar-refractivity contribution in [3.8, 4) is 17.2 Å². The number of rotatable bonds is 22. The number of methoxy groups -OCH3 is 4. The minimum atomic E-state index is -3.83. The van der Waals surface area contributed by atoms with E-state index in [0.29, 0.717) is 57.4 Å². The van der Waals surface area contributed by atoms with Crippen molar-refractivity contribution < 1.29 is 36.9 Å². The molecule has 0 radical (unpaired) electrons. The van der Waals surface area contributed by atoms with Crippen molar-refractivity contribution in [2.24, 2.45) is 5.92 Å². The summed E-state index contributed by atoms with van der Waals surface area (Å²) in [5.41, 5.74) is 5.16. The molecule has 0 saturated carbocycles. The Kier molecular flexibility index (Phi) is 18.8. The first-order valence-electron chi connectivity index (χ1n) is 24.2. The second-order valence-corrected chi connectivity index (χ2v) is 22.8. The Morgan fingerprint density at radius 3 is 2.17 bits per heavy atom. The first kappa shape index (κ1) is 52.9. The minimum Gasteiger partial charge on any atom is -0.497 e. The molecule has 0 aromatic heterocycles. The maximum Gasteiger partial charge on any atom is 0.244 e. The van der Waals surface area contributed by atoms with Gasteiger partial charge in [-0.25, -0.2) is 8.42 Å². The van der Waals surface area contributed by atoms with E-state index in [4.69, 9.17) is 35.3 Å². The molecule has 1 fully saturated rings. The number of benzene rings is 4. The molecule has 2 heterocycles. The van der Waals surface area contributed by atoms with Crippen molar-refractivity contribution in [1.82, 2.24) is 14.1 Å². The smallest absolute Gasteiger partial charge is 0.244 e. The van der Waals surface area contributed by atoms with Gasteiger partial charge in [0.1, 0.15) is 23.3 Å². The summed E-state index contributed by atoms with van der Waals surface area (Å²) >= 11 is 8.94. The molecule has 1 unspecified atom stereocenters. The zero-order valence-electron chi connectivity index (χ0n) is 41.1. The number of amides is 1.